The molecule has 198 valence electrons. The van der Waals surface area contributed by atoms with Gasteiger partial charge in [0.1, 0.15) is 6.07 Å². The Morgan fingerprint density at radius 3 is 2.58 bits per heavy atom. The van der Waals surface area contributed by atoms with Crippen LogP contribution in [0.2, 0.25) is 0 Å². The van der Waals surface area contributed by atoms with Gasteiger partial charge in [-0.3, -0.25) is 9.88 Å². The number of hydrogen-bond donors (Lipinski definition) is 1. The number of aromatic nitrogens is 3. The maximum atomic E-state index is 13.0. The molecule has 3 fully saturated rings. The summed E-state index contributed by atoms with van der Waals surface area (Å²) in [6, 6.07) is 14.6. The number of nitriles is 1. The molecule has 0 spiro atoms. The minimum Gasteiger partial charge on any atom is -0.298 e. The Kier molecular flexibility index (Phi) is 7.84. The van der Waals surface area contributed by atoms with Gasteiger partial charge in [-0.05, 0) is 68.5 Å². The molecule has 1 aromatic carbocycles. The van der Waals surface area contributed by atoms with Crippen LogP contribution in [0.25, 0.3) is 11.4 Å². The van der Waals surface area contributed by atoms with E-state index in [0.717, 1.165) is 61.5 Å². The van der Waals surface area contributed by atoms with E-state index in [1.54, 1.807) is 24.5 Å². The Morgan fingerprint density at radius 2 is 1.89 bits per heavy atom. The van der Waals surface area contributed by atoms with Crippen LogP contribution in [0.4, 0.5) is 0 Å². The summed E-state index contributed by atoms with van der Waals surface area (Å²) in [5, 5.41) is 9.34. The zero-order valence-corrected chi connectivity index (χ0v) is 22.7. The second-order valence-electron chi connectivity index (χ2n) is 10.3. The lowest BCUT2D eigenvalue weighted by atomic mass is 9.74. The van der Waals surface area contributed by atoms with Crippen LogP contribution in [0.1, 0.15) is 68.3 Å². The van der Waals surface area contributed by atoms with Gasteiger partial charge in [-0.25, -0.2) is 23.1 Å². The van der Waals surface area contributed by atoms with E-state index in [0.29, 0.717) is 18.4 Å². The van der Waals surface area contributed by atoms with Crippen molar-refractivity contribution in [2.45, 2.75) is 62.3 Å². The average Bonchev–Trinajstić information content (AvgIpc) is 2.97. The first kappa shape index (κ1) is 26.4. The van der Waals surface area contributed by atoms with Gasteiger partial charge in [0.25, 0.3) is 0 Å². The van der Waals surface area contributed by atoms with Crippen molar-refractivity contribution in [2.75, 3.05) is 19.6 Å². The molecule has 2 bridgehead atoms. The summed E-state index contributed by atoms with van der Waals surface area (Å²) in [5.41, 5.74) is 3.32. The van der Waals surface area contributed by atoms with Crippen LogP contribution >= 0.6 is 0 Å². The Hall–Kier alpha value is -3.19. The van der Waals surface area contributed by atoms with Gasteiger partial charge in [0, 0.05) is 60.3 Å². The molecule has 6 rings (SSSR count). The van der Waals surface area contributed by atoms with Crippen molar-refractivity contribution in [1.82, 2.24) is 24.6 Å². The summed E-state index contributed by atoms with van der Waals surface area (Å²) in [5.74, 6) is 1.85. The fraction of sp³-hybridized carbons (Fsp3) is 0.448. The standard InChI is InChI=1S/C29H34N6O2S/c1-3-20(4-2)26-16-27(34-29(33-26)21-9-12-31-13-10-21)25-19-35-14-11-22(25)15-24(35)18-32-38(36,37)28-8-6-5-7-23(28)17-30/h5-10,12-13,16,20,22,24-25,32H,3-4,11,14-15,18-19H2,1-2H3. The first-order valence-electron chi connectivity index (χ1n) is 13.5. The Bertz CT molecular complexity index is 1420. The maximum Gasteiger partial charge on any atom is 0.241 e. The highest BCUT2D eigenvalue weighted by Gasteiger charge is 2.42. The lowest BCUT2D eigenvalue weighted by molar-refractivity contribution is 0.0317. The molecular weight excluding hydrogens is 496 g/mol. The average molecular weight is 531 g/mol. The molecule has 3 aliphatic rings. The molecule has 0 aliphatic carbocycles. The highest BCUT2D eigenvalue weighted by atomic mass is 32.2. The molecule has 2 aromatic heterocycles. The number of rotatable bonds is 9. The van der Waals surface area contributed by atoms with Crippen molar-refractivity contribution < 1.29 is 8.42 Å². The molecule has 9 heteroatoms. The third-order valence-electron chi connectivity index (χ3n) is 8.17. The van der Waals surface area contributed by atoms with E-state index < -0.39 is 10.0 Å². The highest BCUT2D eigenvalue weighted by molar-refractivity contribution is 7.89. The molecule has 0 saturated carbocycles. The fourth-order valence-corrected chi connectivity index (χ4v) is 7.21. The third-order valence-corrected chi connectivity index (χ3v) is 9.65. The molecule has 3 aliphatic heterocycles. The van der Waals surface area contributed by atoms with E-state index >= 15 is 0 Å². The first-order chi connectivity index (χ1) is 18.4. The van der Waals surface area contributed by atoms with E-state index in [2.05, 4.69) is 34.5 Å². The number of piperidine rings is 3. The topological polar surface area (TPSA) is 112 Å². The minimum atomic E-state index is -3.77. The number of fused-ring (bicyclic) bond motifs is 3. The van der Waals surface area contributed by atoms with Crippen LogP contribution in [0.3, 0.4) is 0 Å². The number of nitrogens with zero attached hydrogens (tertiary/aromatic N) is 5. The summed E-state index contributed by atoms with van der Waals surface area (Å²) < 4.78 is 28.7. The first-order valence-corrected chi connectivity index (χ1v) is 14.9. The van der Waals surface area contributed by atoms with E-state index in [1.807, 2.05) is 18.2 Å². The SMILES string of the molecule is CCC(CC)c1cc(C2CN3CCC2CC3CNS(=O)(=O)c2ccccc2C#N)nc(-c2ccncc2)n1. The molecule has 4 atom stereocenters. The highest BCUT2D eigenvalue weighted by Crippen LogP contribution is 2.42. The van der Waals surface area contributed by atoms with Gasteiger partial charge in [-0.15, -0.1) is 0 Å². The van der Waals surface area contributed by atoms with Gasteiger partial charge in [-0.2, -0.15) is 5.26 Å². The molecule has 8 nitrogen and oxygen atoms in total. The lowest BCUT2D eigenvalue weighted by Gasteiger charge is -2.49. The summed E-state index contributed by atoms with van der Waals surface area (Å²) in [6.07, 6.45) is 7.58. The van der Waals surface area contributed by atoms with Crippen LogP contribution in [-0.4, -0.2) is 53.9 Å². The van der Waals surface area contributed by atoms with Crippen molar-refractivity contribution in [3.8, 4) is 17.5 Å². The second-order valence-corrected chi connectivity index (χ2v) is 12.0. The van der Waals surface area contributed by atoms with Crippen LogP contribution in [0, 0.1) is 17.2 Å². The van der Waals surface area contributed by atoms with Crippen molar-refractivity contribution in [1.29, 1.82) is 5.26 Å². The molecule has 0 radical (unpaired) electrons. The Balaban J connectivity index is 1.36. The smallest absolute Gasteiger partial charge is 0.241 e. The van der Waals surface area contributed by atoms with Gasteiger partial charge in [-0.1, -0.05) is 26.0 Å². The monoisotopic (exact) mass is 530 g/mol. The van der Waals surface area contributed by atoms with E-state index in [4.69, 9.17) is 9.97 Å². The number of benzene rings is 1. The van der Waals surface area contributed by atoms with Crippen molar-refractivity contribution in [3.05, 3.63) is 71.8 Å². The summed E-state index contributed by atoms with van der Waals surface area (Å²) in [6.45, 7) is 6.54. The van der Waals surface area contributed by atoms with Gasteiger partial charge in [0.2, 0.25) is 10.0 Å². The minimum absolute atomic E-state index is 0.0369. The van der Waals surface area contributed by atoms with Crippen LogP contribution in [0.5, 0.6) is 0 Å². The van der Waals surface area contributed by atoms with Crippen molar-refractivity contribution in [2.24, 2.45) is 5.92 Å². The predicted octanol–water partition coefficient (Wildman–Crippen LogP) is 4.47. The second kappa shape index (κ2) is 11.3. The van der Waals surface area contributed by atoms with E-state index in [-0.39, 0.29) is 22.4 Å². The molecular formula is C29H34N6O2S. The number of nitrogens with one attached hydrogen (secondary N) is 1. The third kappa shape index (κ3) is 5.35. The molecule has 3 aromatic rings. The summed E-state index contributed by atoms with van der Waals surface area (Å²) in [4.78, 5) is 16.6. The largest absolute Gasteiger partial charge is 0.298 e. The Morgan fingerprint density at radius 1 is 1.13 bits per heavy atom. The zero-order valence-electron chi connectivity index (χ0n) is 21.9. The molecule has 4 unspecified atom stereocenters. The van der Waals surface area contributed by atoms with Gasteiger partial charge < -0.3 is 0 Å². The van der Waals surface area contributed by atoms with E-state index in [1.165, 1.54) is 12.1 Å². The maximum absolute atomic E-state index is 13.0. The fourth-order valence-electron chi connectivity index (χ4n) is 5.98. The van der Waals surface area contributed by atoms with Gasteiger partial charge in [0.05, 0.1) is 10.5 Å². The Labute approximate surface area is 225 Å². The lowest BCUT2D eigenvalue weighted by Crippen LogP contribution is -2.56. The van der Waals surface area contributed by atoms with E-state index in [9.17, 15) is 13.7 Å². The number of sulfonamides is 1. The van der Waals surface area contributed by atoms with Crippen LogP contribution in [-0.2, 0) is 10.0 Å². The quantitative estimate of drug-likeness (QED) is 0.434. The van der Waals surface area contributed by atoms with Crippen molar-refractivity contribution in [3.63, 3.8) is 0 Å². The summed E-state index contributed by atoms with van der Waals surface area (Å²) >= 11 is 0. The van der Waals surface area contributed by atoms with Gasteiger partial charge >= 0.3 is 0 Å². The normalized spacial score (nSPS) is 22.9. The predicted molar refractivity (Wildman–Crippen MR) is 146 cm³/mol. The zero-order chi connectivity index (χ0) is 26.7. The van der Waals surface area contributed by atoms with Gasteiger partial charge in [0.15, 0.2) is 5.82 Å². The molecule has 38 heavy (non-hydrogen) atoms. The number of pyridine rings is 1. The molecule has 5 heterocycles. The molecule has 1 N–H and O–H groups in total. The van der Waals surface area contributed by atoms with Crippen LogP contribution in [0.15, 0.2) is 59.8 Å². The number of hydrogen-bond acceptors (Lipinski definition) is 7. The molecule has 0 amide bonds. The summed E-state index contributed by atoms with van der Waals surface area (Å²) in [7, 11) is -3.77. The van der Waals surface area contributed by atoms with Crippen molar-refractivity contribution >= 4 is 10.0 Å². The van der Waals surface area contributed by atoms with Crippen LogP contribution < -0.4 is 4.72 Å². The molecule has 3 saturated heterocycles.